The van der Waals surface area contributed by atoms with E-state index in [1.807, 2.05) is 0 Å². The molecule has 0 unspecified atom stereocenters. The van der Waals surface area contributed by atoms with Gasteiger partial charge in [-0.1, -0.05) is 0 Å². The lowest BCUT2D eigenvalue weighted by Crippen LogP contribution is -2.46. The molecule has 0 spiro atoms. The number of sulfonamides is 1. The van der Waals surface area contributed by atoms with Crippen molar-refractivity contribution >= 4 is 15.9 Å². The number of carbonyl (C=O) groups excluding carboxylic acids is 1. The van der Waals surface area contributed by atoms with E-state index in [0.29, 0.717) is 25.7 Å². The fraction of sp³-hybridized carbons (Fsp3) is 0.909. The minimum atomic E-state index is -3.30. The van der Waals surface area contributed by atoms with Gasteiger partial charge in [-0.3, -0.25) is 4.79 Å². The predicted octanol–water partition coefficient (Wildman–Crippen LogP) is 0.748. The standard InChI is InChI=1S/C11H22N2O3S/c1-11(2,3)17(15,16)13-9-6-4-8(5-7-9)10(12)14/h8-9,13H,4-7H2,1-3H3,(H2,12,14). The van der Waals surface area contributed by atoms with Gasteiger partial charge in [0.15, 0.2) is 0 Å². The highest BCUT2D eigenvalue weighted by Crippen LogP contribution is 2.25. The Hall–Kier alpha value is -0.620. The lowest BCUT2D eigenvalue weighted by molar-refractivity contribution is -0.122. The molecule has 0 heterocycles. The van der Waals surface area contributed by atoms with Crippen LogP contribution in [0, 0.1) is 5.92 Å². The summed E-state index contributed by atoms with van der Waals surface area (Å²) in [5.41, 5.74) is 5.23. The highest BCUT2D eigenvalue weighted by Gasteiger charge is 2.33. The van der Waals surface area contributed by atoms with E-state index in [1.165, 1.54) is 0 Å². The van der Waals surface area contributed by atoms with Gasteiger partial charge in [0.05, 0.1) is 4.75 Å². The van der Waals surface area contributed by atoms with Gasteiger partial charge in [-0.15, -0.1) is 0 Å². The van der Waals surface area contributed by atoms with Gasteiger partial charge in [0, 0.05) is 12.0 Å². The molecule has 0 atom stereocenters. The van der Waals surface area contributed by atoms with Gasteiger partial charge in [0.2, 0.25) is 15.9 Å². The van der Waals surface area contributed by atoms with Crippen LogP contribution in [0.1, 0.15) is 46.5 Å². The summed E-state index contributed by atoms with van der Waals surface area (Å²) in [6.45, 7) is 5.01. The van der Waals surface area contributed by atoms with E-state index in [2.05, 4.69) is 4.72 Å². The predicted molar refractivity (Wildman–Crippen MR) is 66.7 cm³/mol. The number of nitrogens with two attached hydrogens (primary N) is 1. The molecule has 17 heavy (non-hydrogen) atoms. The normalized spacial score (nSPS) is 26.8. The minimum Gasteiger partial charge on any atom is -0.369 e. The molecule has 6 heteroatoms. The first-order chi connectivity index (χ1) is 7.63. The van der Waals surface area contributed by atoms with Crippen LogP contribution in [0.25, 0.3) is 0 Å². The Bertz CT molecular complexity index is 376. The highest BCUT2D eigenvalue weighted by atomic mass is 32.2. The molecule has 0 aromatic heterocycles. The van der Waals surface area contributed by atoms with Crippen molar-refractivity contribution in [2.45, 2.75) is 57.2 Å². The molecule has 1 rings (SSSR count). The highest BCUT2D eigenvalue weighted by molar-refractivity contribution is 7.90. The monoisotopic (exact) mass is 262 g/mol. The first kappa shape index (κ1) is 14.4. The van der Waals surface area contributed by atoms with Crippen molar-refractivity contribution in [3.8, 4) is 0 Å². The van der Waals surface area contributed by atoms with E-state index in [0.717, 1.165) is 0 Å². The van der Waals surface area contributed by atoms with Crippen LogP contribution in [-0.4, -0.2) is 25.1 Å². The summed E-state index contributed by atoms with van der Waals surface area (Å²) < 4.78 is 25.8. The van der Waals surface area contributed by atoms with E-state index in [1.54, 1.807) is 20.8 Å². The first-order valence-corrected chi connectivity index (χ1v) is 7.43. The van der Waals surface area contributed by atoms with E-state index < -0.39 is 14.8 Å². The average Bonchev–Trinajstić information content (AvgIpc) is 2.16. The molecule has 1 saturated carbocycles. The molecule has 0 aromatic rings. The summed E-state index contributed by atoms with van der Waals surface area (Å²) >= 11 is 0. The summed E-state index contributed by atoms with van der Waals surface area (Å²) in [5.74, 6) is -0.368. The Morgan fingerprint density at radius 2 is 1.65 bits per heavy atom. The Kier molecular flexibility index (Phi) is 4.19. The van der Waals surface area contributed by atoms with Crippen LogP contribution >= 0.6 is 0 Å². The van der Waals surface area contributed by atoms with E-state index in [9.17, 15) is 13.2 Å². The fourth-order valence-electron chi connectivity index (χ4n) is 1.89. The Morgan fingerprint density at radius 3 is 2.00 bits per heavy atom. The molecule has 1 amide bonds. The number of nitrogens with one attached hydrogen (secondary N) is 1. The Labute approximate surface area is 103 Å². The number of amides is 1. The van der Waals surface area contributed by atoms with Gasteiger partial charge < -0.3 is 5.73 Å². The minimum absolute atomic E-state index is 0.0603. The Morgan fingerprint density at radius 1 is 1.18 bits per heavy atom. The van der Waals surface area contributed by atoms with E-state index in [-0.39, 0.29) is 17.9 Å². The summed E-state index contributed by atoms with van der Waals surface area (Å²) in [6.07, 6.45) is 2.71. The molecule has 1 aliphatic rings. The van der Waals surface area contributed by atoms with Gasteiger partial charge in [-0.05, 0) is 46.5 Å². The maximum absolute atomic E-state index is 11.9. The number of primary amides is 1. The van der Waals surface area contributed by atoms with Gasteiger partial charge in [0.1, 0.15) is 0 Å². The number of hydrogen-bond acceptors (Lipinski definition) is 3. The van der Waals surface area contributed by atoms with E-state index in [4.69, 9.17) is 5.73 Å². The van der Waals surface area contributed by atoms with Crippen LogP contribution in [0.15, 0.2) is 0 Å². The molecule has 0 saturated heterocycles. The lowest BCUT2D eigenvalue weighted by atomic mass is 9.86. The zero-order valence-electron chi connectivity index (χ0n) is 10.7. The third-order valence-electron chi connectivity index (χ3n) is 3.26. The SMILES string of the molecule is CC(C)(C)S(=O)(=O)NC1CCC(C(N)=O)CC1. The third-order valence-corrected chi connectivity index (χ3v) is 5.51. The van der Waals surface area contributed by atoms with Gasteiger partial charge in [-0.25, -0.2) is 13.1 Å². The van der Waals surface area contributed by atoms with Gasteiger partial charge in [-0.2, -0.15) is 0 Å². The van der Waals surface area contributed by atoms with Crippen LogP contribution in [0.2, 0.25) is 0 Å². The van der Waals surface area contributed by atoms with Crippen molar-refractivity contribution < 1.29 is 13.2 Å². The molecule has 3 N–H and O–H groups in total. The molecule has 0 aromatic carbocycles. The lowest BCUT2D eigenvalue weighted by Gasteiger charge is -2.30. The zero-order valence-corrected chi connectivity index (χ0v) is 11.5. The molecule has 0 aliphatic heterocycles. The first-order valence-electron chi connectivity index (χ1n) is 5.94. The van der Waals surface area contributed by atoms with Crippen LogP contribution in [-0.2, 0) is 14.8 Å². The second-order valence-corrected chi connectivity index (χ2v) is 8.15. The molecule has 0 bridgehead atoms. The van der Waals surface area contributed by atoms with Gasteiger partial charge >= 0.3 is 0 Å². The second-order valence-electron chi connectivity index (χ2n) is 5.68. The molecule has 1 aliphatic carbocycles. The van der Waals surface area contributed by atoms with E-state index >= 15 is 0 Å². The van der Waals surface area contributed by atoms with Crippen molar-refractivity contribution in [3.05, 3.63) is 0 Å². The molecule has 0 radical (unpaired) electrons. The van der Waals surface area contributed by atoms with Crippen molar-refractivity contribution in [3.63, 3.8) is 0 Å². The Balaban J connectivity index is 2.55. The summed E-state index contributed by atoms with van der Waals surface area (Å²) in [6, 6.07) is -0.0603. The molecule has 1 fully saturated rings. The zero-order chi connectivity index (χ0) is 13.3. The molecule has 5 nitrogen and oxygen atoms in total. The van der Waals surface area contributed by atoms with Crippen molar-refractivity contribution in [1.29, 1.82) is 0 Å². The molecular formula is C11H22N2O3S. The number of hydrogen-bond donors (Lipinski definition) is 2. The van der Waals surface area contributed by atoms with Crippen molar-refractivity contribution in [2.75, 3.05) is 0 Å². The maximum Gasteiger partial charge on any atom is 0.220 e. The van der Waals surface area contributed by atoms with Crippen molar-refractivity contribution in [1.82, 2.24) is 4.72 Å². The average molecular weight is 262 g/mol. The van der Waals surface area contributed by atoms with Crippen LogP contribution in [0.4, 0.5) is 0 Å². The third kappa shape index (κ3) is 3.67. The topological polar surface area (TPSA) is 89.3 Å². The fourth-order valence-corrected chi connectivity index (χ4v) is 2.92. The summed E-state index contributed by atoms with van der Waals surface area (Å²) in [5, 5.41) is 0. The molecular weight excluding hydrogens is 240 g/mol. The quantitative estimate of drug-likeness (QED) is 0.786. The number of rotatable bonds is 3. The van der Waals surface area contributed by atoms with Crippen molar-refractivity contribution in [2.24, 2.45) is 11.7 Å². The smallest absolute Gasteiger partial charge is 0.220 e. The second kappa shape index (κ2) is 4.94. The largest absolute Gasteiger partial charge is 0.369 e. The maximum atomic E-state index is 11.9. The summed E-state index contributed by atoms with van der Waals surface area (Å²) in [7, 11) is -3.30. The van der Waals surface area contributed by atoms with Crippen LogP contribution < -0.4 is 10.5 Å². The number of carbonyl (C=O) groups is 1. The van der Waals surface area contributed by atoms with Crippen LogP contribution in [0.5, 0.6) is 0 Å². The summed E-state index contributed by atoms with van der Waals surface area (Å²) in [4.78, 5) is 11.0. The van der Waals surface area contributed by atoms with Gasteiger partial charge in [0.25, 0.3) is 0 Å². The molecule has 100 valence electrons. The van der Waals surface area contributed by atoms with Crippen LogP contribution in [0.3, 0.4) is 0 Å².